The van der Waals surface area contributed by atoms with Crippen LogP contribution in [0.15, 0.2) is 121 Å². The maximum absolute atomic E-state index is 11.5. The molecule has 0 aromatic heterocycles. The van der Waals surface area contributed by atoms with Crippen molar-refractivity contribution in [1.82, 2.24) is 0 Å². The van der Waals surface area contributed by atoms with E-state index in [2.05, 4.69) is 46.0 Å². The minimum absolute atomic E-state index is 0.105. The van der Waals surface area contributed by atoms with E-state index in [9.17, 15) is 5.11 Å². The van der Waals surface area contributed by atoms with Crippen LogP contribution in [0.25, 0.3) is 0 Å². The number of aliphatic hydroxyl groups is 1. The molecule has 1 N–H and O–H groups in total. The van der Waals surface area contributed by atoms with Gasteiger partial charge in [0.1, 0.15) is 36.6 Å². The van der Waals surface area contributed by atoms with Gasteiger partial charge in [-0.1, -0.05) is 142 Å². The van der Waals surface area contributed by atoms with Gasteiger partial charge >= 0.3 is 0 Å². The Morgan fingerprint density at radius 1 is 0.500 bits per heavy atom. The van der Waals surface area contributed by atoms with Crippen LogP contribution in [0.2, 0.25) is 18.1 Å². The summed E-state index contributed by atoms with van der Waals surface area (Å²) < 4.78 is 54.2. The largest absolute Gasteiger partial charge is 0.408 e. The van der Waals surface area contributed by atoms with Crippen molar-refractivity contribution >= 4 is 8.32 Å². The lowest BCUT2D eigenvalue weighted by molar-refractivity contribution is -0.364. The second-order valence-corrected chi connectivity index (χ2v) is 21.2. The molecule has 0 saturated carbocycles. The Labute approximate surface area is 334 Å². The third-order valence-corrected chi connectivity index (χ3v) is 15.6. The molecule has 0 aliphatic carbocycles. The Morgan fingerprint density at radius 3 is 1.27 bits per heavy atom. The summed E-state index contributed by atoms with van der Waals surface area (Å²) >= 11 is 0. The van der Waals surface area contributed by atoms with Crippen LogP contribution in [0.3, 0.4) is 0 Å². The summed E-state index contributed by atoms with van der Waals surface area (Å²) in [6.45, 7) is 16.2. The molecule has 4 aromatic rings. The van der Waals surface area contributed by atoms with Crippen LogP contribution >= 0.6 is 0 Å². The lowest BCUT2D eigenvalue weighted by Gasteiger charge is -2.51. The first-order valence-electron chi connectivity index (χ1n) is 19.8. The highest BCUT2D eigenvalue weighted by Crippen LogP contribution is 2.42. The first-order valence-corrected chi connectivity index (χ1v) is 22.7. The lowest BCUT2D eigenvalue weighted by Crippen LogP contribution is -2.66. The van der Waals surface area contributed by atoms with E-state index in [4.69, 9.17) is 37.6 Å². The van der Waals surface area contributed by atoms with Gasteiger partial charge in [0.15, 0.2) is 20.9 Å². The van der Waals surface area contributed by atoms with Gasteiger partial charge in [-0.2, -0.15) is 0 Å². The molecular weight excluding hydrogens is 725 g/mol. The zero-order valence-corrected chi connectivity index (χ0v) is 34.9. The second kappa shape index (κ2) is 19.5. The molecule has 10 heteroatoms. The van der Waals surface area contributed by atoms with Gasteiger partial charge < -0.3 is 42.7 Å². The highest BCUT2D eigenvalue weighted by Gasteiger charge is 2.54. The van der Waals surface area contributed by atoms with Crippen molar-refractivity contribution in [3.05, 3.63) is 144 Å². The van der Waals surface area contributed by atoms with Crippen LogP contribution in [0.5, 0.6) is 0 Å². The number of hydrogen-bond acceptors (Lipinski definition) is 9. The van der Waals surface area contributed by atoms with Gasteiger partial charge in [-0.15, -0.1) is 0 Å². The van der Waals surface area contributed by atoms with Crippen LogP contribution in [-0.4, -0.2) is 74.8 Å². The molecule has 2 saturated heterocycles. The van der Waals surface area contributed by atoms with E-state index in [1.165, 1.54) is 0 Å². The van der Waals surface area contributed by atoms with E-state index in [0.29, 0.717) is 19.8 Å². The average Bonchev–Trinajstić information content (AvgIpc) is 3.18. The van der Waals surface area contributed by atoms with Crippen LogP contribution in [0.1, 0.15) is 56.9 Å². The Hall–Kier alpha value is -3.26. The Bertz CT molecular complexity index is 1670. The van der Waals surface area contributed by atoms with Crippen molar-refractivity contribution in [2.75, 3.05) is 0 Å². The Morgan fingerprint density at radius 2 is 0.857 bits per heavy atom. The summed E-state index contributed by atoms with van der Waals surface area (Å²) in [5.74, 6) is 0. The first-order chi connectivity index (χ1) is 26.9. The topological polar surface area (TPSA) is 94.1 Å². The molecule has 4 aromatic carbocycles. The highest BCUT2D eigenvalue weighted by atomic mass is 28.4. The molecule has 0 bridgehead atoms. The first kappa shape index (κ1) is 42.3. The quantitative estimate of drug-likeness (QED) is 0.112. The van der Waals surface area contributed by atoms with Crippen LogP contribution in [0, 0.1) is 0 Å². The maximum atomic E-state index is 11.5. The molecule has 2 heterocycles. The van der Waals surface area contributed by atoms with Gasteiger partial charge in [-0.3, -0.25) is 0 Å². The molecule has 6 rings (SSSR count). The molecule has 302 valence electrons. The van der Waals surface area contributed by atoms with Crippen LogP contribution in [0.4, 0.5) is 0 Å². The van der Waals surface area contributed by atoms with Gasteiger partial charge in [-0.25, -0.2) is 0 Å². The van der Waals surface area contributed by atoms with Crippen LogP contribution in [-0.2, 0) is 64.0 Å². The summed E-state index contributed by atoms with van der Waals surface area (Å²) in [5.41, 5.74) is 4.00. The molecule has 0 spiro atoms. The summed E-state index contributed by atoms with van der Waals surface area (Å²) in [7, 11) is -2.43. The van der Waals surface area contributed by atoms with Gasteiger partial charge in [0.05, 0.1) is 38.6 Å². The Kier molecular flexibility index (Phi) is 14.7. The normalized spacial score (nSPS) is 28.6. The molecule has 10 atom stereocenters. The number of hydrogen-bond donors (Lipinski definition) is 1. The molecule has 9 nitrogen and oxygen atoms in total. The highest BCUT2D eigenvalue weighted by molar-refractivity contribution is 6.74. The van der Waals surface area contributed by atoms with E-state index in [1.54, 1.807) is 0 Å². The molecule has 0 unspecified atom stereocenters. The van der Waals surface area contributed by atoms with E-state index in [1.807, 2.05) is 123 Å². The summed E-state index contributed by atoms with van der Waals surface area (Å²) in [6.07, 6.45) is -7.41. The van der Waals surface area contributed by atoms with Gasteiger partial charge in [-0.05, 0) is 54.2 Å². The van der Waals surface area contributed by atoms with Crippen molar-refractivity contribution in [2.24, 2.45) is 0 Å². The summed E-state index contributed by atoms with van der Waals surface area (Å²) in [5, 5.41) is 11.4. The van der Waals surface area contributed by atoms with E-state index >= 15 is 0 Å². The SMILES string of the molecule is C[C@@H]1O[C@H](O)[C@@H](OCc2ccccc2)[C@H](O[C@@H]2O[C@@H](C)[C@@H](OCc3ccccc3)[C@@H](O[Si](C)(C)C(C)(C)C)[C@@H]2OCc2ccccc2)[C@@H]1OCc1ccccc1. The molecule has 2 fully saturated rings. The molecule has 2 aliphatic rings. The average molecular weight is 785 g/mol. The van der Waals surface area contributed by atoms with Crippen LogP contribution < -0.4 is 0 Å². The van der Waals surface area contributed by atoms with Crippen molar-refractivity contribution in [3.8, 4) is 0 Å². The monoisotopic (exact) mass is 784 g/mol. The lowest BCUT2D eigenvalue weighted by atomic mass is 9.96. The third-order valence-electron chi connectivity index (χ3n) is 11.1. The summed E-state index contributed by atoms with van der Waals surface area (Å²) in [4.78, 5) is 0. The van der Waals surface area contributed by atoms with E-state index in [-0.39, 0.29) is 11.6 Å². The fourth-order valence-corrected chi connectivity index (χ4v) is 8.22. The molecule has 0 amide bonds. The molecule has 56 heavy (non-hydrogen) atoms. The fourth-order valence-electron chi connectivity index (χ4n) is 6.91. The zero-order chi connectivity index (χ0) is 39.7. The van der Waals surface area contributed by atoms with Gasteiger partial charge in [0.25, 0.3) is 0 Å². The number of ether oxygens (including phenoxy) is 7. The predicted octanol–water partition coefficient (Wildman–Crippen LogP) is 8.59. The smallest absolute Gasteiger partial charge is 0.192 e. The third kappa shape index (κ3) is 11.0. The van der Waals surface area contributed by atoms with Crippen molar-refractivity contribution < 1.29 is 42.7 Å². The molecule has 2 aliphatic heterocycles. The Balaban J connectivity index is 1.36. The molecular formula is C46H60O9Si. The van der Waals surface area contributed by atoms with E-state index < -0.39 is 69.7 Å². The number of aliphatic hydroxyl groups excluding tert-OH is 1. The van der Waals surface area contributed by atoms with Gasteiger partial charge in [0.2, 0.25) is 0 Å². The summed E-state index contributed by atoms with van der Waals surface area (Å²) in [6, 6.07) is 40.0. The standard InChI is InChI=1S/C46H60O9Si/c1-32-38(48-28-34-20-12-8-13-21-34)40(42(44(47)52-32)50-30-36-24-16-10-17-25-36)54-45-43(51-31-37-26-18-11-19-27-37)41(55-56(6,7)46(3,4)5)39(33(2)53-45)49-29-35-22-14-9-15-23-35/h8-27,32-33,38-45,47H,28-31H2,1-7H3/t32-,33-,38+,39+,40+,41+,42-,43-,44-,45-/m0/s1. The maximum Gasteiger partial charge on any atom is 0.192 e. The second-order valence-electron chi connectivity index (χ2n) is 16.4. The zero-order valence-electron chi connectivity index (χ0n) is 33.9. The number of benzene rings is 4. The van der Waals surface area contributed by atoms with E-state index in [0.717, 1.165) is 22.3 Å². The van der Waals surface area contributed by atoms with Crippen molar-refractivity contribution in [3.63, 3.8) is 0 Å². The van der Waals surface area contributed by atoms with Crippen molar-refractivity contribution in [2.45, 2.75) is 141 Å². The minimum atomic E-state index is -2.43. The molecule has 0 radical (unpaired) electrons. The minimum Gasteiger partial charge on any atom is -0.408 e. The predicted molar refractivity (Wildman–Crippen MR) is 218 cm³/mol. The van der Waals surface area contributed by atoms with Crippen molar-refractivity contribution in [1.29, 1.82) is 0 Å². The van der Waals surface area contributed by atoms with Gasteiger partial charge in [0, 0.05) is 0 Å². The fraction of sp³-hybridized carbons (Fsp3) is 0.478. The number of rotatable bonds is 16.